The molecule has 1 aliphatic carbocycles. The lowest BCUT2D eigenvalue weighted by molar-refractivity contribution is -0.142. The van der Waals surface area contributed by atoms with Gasteiger partial charge in [0, 0.05) is 44.3 Å². The number of nitrogens with one attached hydrogen (secondary N) is 1. The van der Waals surface area contributed by atoms with Crippen LogP contribution in [0.15, 0.2) is 18.2 Å². The summed E-state index contributed by atoms with van der Waals surface area (Å²) < 4.78 is 50.3. The molecule has 0 saturated heterocycles. The second-order valence-electron chi connectivity index (χ2n) is 11.8. The monoisotopic (exact) mass is 585 g/mol. The Bertz CT molecular complexity index is 1000. The normalized spacial score (nSPS) is 23.9. The van der Waals surface area contributed by atoms with E-state index in [0.29, 0.717) is 18.9 Å². The summed E-state index contributed by atoms with van der Waals surface area (Å²) in [7, 11) is 2.10. The zero-order valence-corrected chi connectivity index (χ0v) is 24.7. The summed E-state index contributed by atoms with van der Waals surface area (Å²) in [6, 6.07) is 4.02. The van der Waals surface area contributed by atoms with Crippen LogP contribution >= 0.6 is 0 Å². The maximum atomic E-state index is 14.1. The van der Waals surface area contributed by atoms with Crippen molar-refractivity contribution in [2.24, 2.45) is 11.8 Å². The van der Waals surface area contributed by atoms with Crippen LogP contribution in [0.1, 0.15) is 76.1 Å². The summed E-state index contributed by atoms with van der Waals surface area (Å²) in [5.74, 6) is -0.176. The van der Waals surface area contributed by atoms with Crippen LogP contribution in [0, 0.1) is 11.8 Å². The number of carbonyl (C=O) groups excluding carboxylic acids is 2. The Kier molecular flexibility index (Phi) is 12.3. The van der Waals surface area contributed by atoms with Crippen molar-refractivity contribution in [3.05, 3.63) is 23.8 Å². The van der Waals surface area contributed by atoms with Crippen LogP contribution in [0.3, 0.4) is 0 Å². The minimum atomic E-state index is -4.44. The van der Waals surface area contributed by atoms with Crippen LogP contribution < -0.4 is 10.1 Å². The Hall–Kier alpha value is -2.37. The Morgan fingerprint density at radius 1 is 1.20 bits per heavy atom. The number of aliphatic hydroxyl groups is 1. The van der Waals surface area contributed by atoms with E-state index >= 15 is 0 Å². The van der Waals surface area contributed by atoms with Gasteiger partial charge in [0.1, 0.15) is 5.75 Å². The first-order valence-corrected chi connectivity index (χ1v) is 14.8. The summed E-state index contributed by atoms with van der Waals surface area (Å²) in [6.45, 7) is 8.14. The number of fused-ring (bicyclic) bond motifs is 1. The Morgan fingerprint density at radius 2 is 1.93 bits per heavy atom. The maximum absolute atomic E-state index is 14.1. The number of hydrogen-bond donors (Lipinski definition) is 2. The van der Waals surface area contributed by atoms with Crippen molar-refractivity contribution in [3.63, 3.8) is 0 Å². The van der Waals surface area contributed by atoms with Gasteiger partial charge in [0.2, 0.25) is 5.91 Å². The van der Waals surface area contributed by atoms with Crippen LogP contribution in [0.25, 0.3) is 0 Å². The molecule has 1 aliphatic heterocycles. The molecule has 8 nitrogen and oxygen atoms in total. The van der Waals surface area contributed by atoms with Gasteiger partial charge in [-0.3, -0.25) is 9.59 Å². The number of likely N-dealkylation sites (N-methyl/N-ethyl adjacent to an activating group) is 1. The average molecular weight is 586 g/mol. The number of benzene rings is 1. The summed E-state index contributed by atoms with van der Waals surface area (Å²) >= 11 is 0. The van der Waals surface area contributed by atoms with Crippen LogP contribution in [-0.2, 0) is 9.53 Å². The molecule has 232 valence electrons. The standard InChI is InChI=1S/C30H46F3N3O5/c1-20-16-36(21(2)19-37)29(39)25-15-24(34-28(38)12-13-30(31,32)33)10-11-26(25)41-22(3)7-5-6-14-40-27(20)18-35(4)17-23-8-9-23/h10-11,15,20-23,27,37H,5-9,12-14,16-19H2,1-4H3,(H,34,38)/t20-,21+,22-,27+/m1/s1. The predicted octanol–water partition coefficient (Wildman–Crippen LogP) is 5.10. The topological polar surface area (TPSA) is 91.3 Å². The molecule has 0 bridgehead atoms. The minimum absolute atomic E-state index is 0.0499. The van der Waals surface area contributed by atoms with E-state index in [-0.39, 0.29) is 36.0 Å². The highest BCUT2D eigenvalue weighted by molar-refractivity contribution is 5.99. The lowest BCUT2D eigenvalue weighted by Gasteiger charge is -2.36. The summed E-state index contributed by atoms with van der Waals surface area (Å²) in [4.78, 5) is 30.2. The lowest BCUT2D eigenvalue weighted by atomic mass is 10.0. The molecule has 0 radical (unpaired) electrons. The van der Waals surface area contributed by atoms with E-state index < -0.39 is 36.9 Å². The van der Waals surface area contributed by atoms with Gasteiger partial charge in [0.25, 0.3) is 5.91 Å². The van der Waals surface area contributed by atoms with Gasteiger partial charge in [0.15, 0.2) is 0 Å². The van der Waals surface area contributed by atoms with E-state index in [1.807, 2.05) is 13.8 Å². The molecule has 2 N–H and O–H groups in total. The first-order chi connectivity index (χ1) is 19.4. The van der Waals surface area contributed by atoms with E-state index in [1.54, 1.807) is 17.9 Å². The molecule has 3 rings (SSSR count). The molecule has 2 aliphatic rings. The number of ether oxygens (including phenoxy) is 2. The number of nitrogens with zero attached hydrogens (tertiary/aromatic N) is 2. The first-order valence-electron chi connectivity index (χ1n) is 14.8. The number of aliphatic hydroxyl groups excluding tert-OH is 1. The lowest BCUT2D eigenvalue weighted by Crippen LogP contribution is -2.47. The molecule has 1 saturated carbocycles. The molecule has 0 aromatic heterocycles. The van der Waals surface area contributed by atoms with E-state index in [0.717, 1.165) is 38.3 Å². The third-order valence-corrected chi connectivity index (χ3v) is 7.73. The van der Waals surface area contributed by atoms with Crippen molar-refractivity contribution in [2.45, 2.75) is 90.1 Å². The molecule has 4 atom stereocenters. The largest absolute Gasteiger partial charge is 0.490 e. The Labute approximate surface area is 241 Å². The summed E-state index contributed by atoms with van der Waals surface area (Å²) in [5.41, 5.74) is 0.382. The fraction of sp³-hybridized carbons (Fsp3) is 0.733. The molecule has 1 aromatic carbocycles. The van der Waals surface area contributed by atoms with Crippen LogP contribution in [-0.4, -0.2) is 91.0 Å². The molecular formula is C30H46F3N3O5. The number of carbonyl (C=O) groups is 2. The minimum Gasteiger partial charge on any atom is -0.490 e. The van der Waals surface area contributed by atoms with E-state index in [9.17, 15) is 27.9 Å². The van der Waals surface area contributed by atoms with Crippen LogP contribution in [0.5, 0.6) is 5.75 Å². The summed E-state index contributed by atoms with van der Waals surface area (Å²) in [5, 5.41) is 12.5. The molecule has 0 unspecified atom stereocenters. The van der Waals surface area contributed by atoms with Crippen molar-refractivity contribution in [3.8, 4) is 5.75 Å². The van der Waals surface area contributed by atoms with Gasteiger partial charge in [0.05, 0.1) is 36.8 Å². The van der Waals surface area contributed by atoms with Gasteiger partial charge in [-0.05, 0) is 77.1 Å². The maximum Gasteiger partial charge on any atom is 0.389 e. The average Bonchev–Trinajstić information content (AvgIpc) is 3.72. The quantitative estimate of drug-likeness (QED) is 0.419. The smallest absolute Gasteiger partial charge is 0.389 e. The molecule has 2 amide bonds. The van der Waals surface area contributed by atoms with Gasteiger partial charge in [-0.15, -0.1) is 0 Å². The van der Waals surface area contributed by atoms with Gasteiger partial charge in [-0.1, -0.05) is 6.92 Å². The van der Waals surface area contributed by atoms with Crippen LogP contribution in [0.2, 0.25) is 0 Å². The van der Waals surface area contributed by atoms with Gasteiger partial charge >= 0.3 is 6.18 Å². The number of halogens is 3. The molecule has 1 fully saturated rings. The number of rotatable bonds is 9. The van der Waals surface area contributed by atoms with Crippen molar-refractivity contribution < 1.29 is 37.3 Å². The van der Waals surface area contributed by atoms with Crippen molar-refractivity contribution >= 4 is 17.5 Å². The Balaban J connectivity index is 1.88. The molecule has 1 heterocycles. The van der Waals surface area contributed by atoms with Crippen LogP contribution in [0.4, 0.5) is 18.9 Å². The summed E-state index contributed by atoms with van der Waals surface area (Å²) in [6.07, 6.45) is -1.72. The number of alkyl halides is 3. The third-order valence-electron chi connectivity index (χ3n) is 7.73. The van der Waals surface area contributed by atoms with Gasteiger partial charge in [-0.2, -0.15) is 13.2 Å². The molecule has 0 spiro atoms. The van der Waals surface area contributed by atoms with Gasteiger partial charge < -0.3 is 29.7 Å². The number of amides is 2. The highest BCUT2D eigenvalue weighted by Crippen LogP contribution is 2.31. The highest BCUT2D eigenvalue weighted by atomic mass is 19.4. The van der Waals surface area contributed by atoms with Gasteiger partial charge in [-0.25, -0.2) is 0 Å². The SMILES string of the molecule is C[C@@H]1CCCCO[C@@H](CN(C)CC2CC2)[C@H](C)CN([C@@H](C)CO)C(=O)c2cc(NC(=O)CCC(F)(F)F)ccc2O1. The fourth-order valence-corrected chi connectivity index (χ4v) is 5.06. The molecule has 1 aromatic rings. The highest BCUT2D eigenvalue weighted by Gasteiger charge is 2.32. The first kappa shape index (κ1) is 33.1. The Morgan fingerprint density at radius 3 is 2.59 bits per heavy atom. The predicted molar refractivity (Wildman–Crippen MR) is 151 cm³/mol. The zero-order valence-electron chi connectivity index (χ0n) is 24.7. The van der Waals surface area contributed by atoms with Crippen molar-refractivity contribution in [2.75, 3.05) is 45.2 Å². The number of hydrogen-bond acceptors (Lipinski definition) is 6. The van der Waals surface area contributed by atoms with E-state index in [1.165, 1.54) is 25.0 Å². The second kappa shape index (κ2) is 15.2. The fourth-order valence-electron chi connectivity index (χ4n) is 5.06. The van der Waals surface area contributed by atoms with Crippen molar-refractivity contribution in [1.29, 1.82) is 0 Å². The van der Waals surface area contributed by atoms with Crippen molar-refractivity contribution in [1.82, 2.24) is 9.80 Å². The third kappa shape index (κ3) is 11.1. The zero-order chi connectivity index (χ0) is 30.2. The molecule has 11 heteroatoms. The number of anilines is 1. The molecule has 41 heavy (non-hydrogen) atoms. The second-order valence-corrected chi connectivity index (χ2v) is 11.8. The molecular weight excluding hydrogens is 539 g/mol. The van der Waals surface area contributed by atoms with E-state index in [4.69, 9.17) is 9.47 Å². The van der Waals surface area contributed by atoms with E-state index in [2.05, 4.69) is 17.3 Å².